The van der Waals surface area contributed by atoms with Gasteiger partial charge in [-0.25, -0.2) is 0 Å². The number of esters is 1. The van der Waals surface area contributed by atoms with E-state index in [9.17, 15) is 9.59 Å². The summed E-state index contributed by atoms with van der Waals surface area (Å²) in [6, 6.07) is 11.5. The zero-order chi connectivity index (χ0) is 17.1. The Bertz CT molecular complexity index is 849. The van der Waals surface area contributed by atoms with Crippen molar-refractivity contribution in [2.24, 2.45) is 0 Å². The first-order valence-electron chi connectivity index (χ1n) is 7.16. The third-order valence-corrected chi connectivity index (χ3v) is 3.68. The van der Waals surface area contributed by atoms with Gasteiger partial charge in [0, 0.05) is 11.1 Å². The topological polar surface area (TPSA) is 85.6 Å². The Kier molecular flexibility index (Phi) is 4.17. The van der Waals surface area contributed by atoms with E-state index in [1.807, 2.05) is 6.07 Å². The fourth-order valence-electron chi connectivity index (χ4n) is 2.42. The van der Waals surface area contributed by atoms with E-state index in [1.54, 1.807) is 36.4 Å². The molecule has 1 aliphatic heterocycles. The van der Waals surface area contributed by atoms with Gasteiger partial charge in [0.2, 0.25) is 6.79 Å². The van der Waals surface area contributed by atoms with Gasteiger partial charge in [-0.3, -0.25) is 9.59 Å². The highest BCUT2D eigenvalue weighted by molar-refractivity contribution is 6.10. The molecule has 0 amide bonds. The lowest BCUT2D eigenvalue weighted by atomic mass is 9.95. The van der Waals surface area contributed by atoms with Crippen LogP contribution < -0.4 is 9.47 Å². The number of hydrogen-bond donors (Lipinski definition) is 0. The zero-order valence-corrected chi connectivity index (χ0v) is 12.9. The molecule has 0 aliphatic carbocycles. The molecule has 0 spiro atoms. The number of rotatable bonds is 4. The van der Waals surface area contributed by atoms with Crippen molar-refractivity contribution in [3.63, 3.8) is 0 Å². The second kappa shape index (κ2) is 6.42. The summed E-state index contributed by atoms with van der Waals surface area (Å²) in [5.74, 6) is 0.227. The van der Waals surface area contributed by atoms with Crippen LogP contribution in [0.15, 0.2) is 36.4 Å². The standard InChI is InChI=1S/C18H13NO5/c1-22-17(20)7-13-6-15-16(24-10-23-15)8-14(13)18(21)12-4-2-11(9-19)3-5-12/h2-6,8H,7,10H2,1H3. The molecule has 2 aromatic rings. The molecule has 0 unspecified atom stereocenters. The first-order chi connectivity index (χ1) is 11.6. The monoisotopic (exact) mass is 323 g/mol. The van der Waals surface area contributed by atoms with E-state index < -0.39 is 5.97 Å². The number of fused-ring (bicyclic) bond motifs is 1. The molecule has 120 valence electrons. The second-order valence-corrected chi connectivity index (χ2v) is 5.13. The van der Waals surface area contributed by atoms with Crippen molar-refractivity contribution in [1.29, 1.82) is 5.26 Å². The Morgan fingerprint density at radius 2 is 1.83 bits per heavy atom. The minimum atomic E-state index is -0.456. The van der Waals surface area contributed by atoms with E-state index in [2.05, 4.69) is 4.74 Å². The summed E-state index contributed by atoms with van der Waals surface area (Å²) >= 11 is 0. The largest absolute Gasteiger partial charge is 0.469 e. The molecule has 1 heterocycles. The maximum Gasteiger partial charge on any atom is 0.310 e. The first kappa shape index (κ1) is 15.6. The molecule has 24 heavy (non-hydrogen) atoms. The third-order valence-electron chi connectivity index (χ3n) is 3.68. The number of benzene rings is 2. The predicted molar refractivity (Wildman–Crippen MR) is 82.9 cm³/mol. The lowest BCUT2D eigenvalue weighted by Crippen LogP contribution is -2.11. The van der Waals surface area contributed by atoms with Crippen LogP contribution in [-0.2, 0) is 16.0 Å². The van der Waals surface area contributed by atoms with Gasteiger partial charge in [0.25, 0.3) is 0 Å². The van der Waals surface area contributed by atoms with Crippen LogP contribution in [0.1, 0.15) is 27.0 Å². The van der Waals surface area contributed by atoms with Gasteiger partial charge < -0.3 is 14.2 Å². The van der Waals surface area contributed by atoms with Gasteiger partial charge in [-0.05, 0) is 42.0 Å². The predicted octanol–water partition coefficient (Wildman–Crippen LogP) is 2.23. The molecule has 1 aliphatic rings. The van der Waals surface area contributed by atoms with E-state index >= 15 is 0 Å². The van der Waals surface area contributed by atoms with Gasteiger partial charge in [0.05, 0.1) is 25.2 Å². The van der Waals surface area contributed by atoms with Crippen LogP contribution in [0.25, 0.3) is 0 Å². The van der Waals surface area contributed by atoms with E-state index in [0.29, 0.717) is 33.8 Å². The molecular formula is C18H13NO5. The van der Waals surface area contributed by atoms with Gasteiger partial charge in [-0.2, -0.15) is 5.26 Å². The summed E-state index contributed by atoms with van der Waals surface area (Å²) in [6.07, 6.45) is -0.0511. The molecule has 0 fully saturated rings. The maximum atomic E-state index is 12.8. The molecule has 0 bridgehead atoms. The highest BCUT2D eigenvalue weighted by Gasteiger charge is 2.23. The summed E-state index contributed by atoms with van der Waals surface area (Å²) < 4.78 is 15.3. The van der Waals surface area contributed by atoms with Crippen molar-refractivity contribution >= 4 is 11.8 Å². The van der Waals surface area contributed by atoms with Gasteiger partial charge in [0.1, 0.15) is 0 Å². The minimum Gasteiger partial charge on any atom is -0.469 e. The van der Waals surface area contributed by atoms with Gasteiger partial charge in [-0.15, -0.1) is 0 Å². The molecule has 6 heteroatoms. The van der Waals surface area contributed by atoms with E-state index in [4.69, 9.17) is 14.7 Å². The first-order valence-corrected chi connectivity index (χ1v) is 7.16. The van der Waals surface area contributed by atoms with E-state index in [1.165, 1.54) is 7.11 Å². The SMILES string of the molecule is COC(=O)Cc1cc2c(cc1C(=O)c1ccc(C#N)cc1)OCO2. The number of nitriles is 1. The van der Waals surface area contributed by atoms with Gasteiger partial charge in [-0.1, -0.05) is 0 Å². The van der Waals surface area contributed by atoms with E-state index in [-0.39, 0.29) is 19.0 Å². The fraction of sp³-hybridized carbons (Fsp3) is 0.167. The van der Waals surface area contributed by atoms with Gasteiger partial charge >= 0.3 is 5.97 Å². The summed E-state index contributed by atoms with van der Waals surface area (Å²) in [5.41, 5.74) is 1.72. The smallest absolute Gasteiger partial charge is 0.310 e. The summed E-state index contributed by atoms with van der Waals surface area (Å²) in [5, 5.41) is 8.84. The molecule has 6 nitrogen and oxygen atoms in total. The van der Waals surface area contributed by atoms with Crippen molar-refractivity contribution in [1.82, 2.24) is 0 Å². The lowest BCUT2D eigenvalue weighted by Gasteiger charge is -2.10. The highest BCUT2D eigenvalue weighted by atomic mass is 16.7. The van der Waals surface area contributed by atoms with Crippen LogP contribution in [0.5, 0.6) is 11.5 Å². The van der Waals surface area contributed by atoms with Crippen molar-refractivity contribution in [2.75, 3.05) is 13.9 Å². The summed E-state index contributed by atoms with van der Waals surface area (Å²) in [6.45, 7) is 0.0709. The second-order valence-electron chi connectivity index (χ2n) is 5.13. The Balaban J connectivity index is 2.02. The Hall–Kier alpha value is -3.33. The molecular weight excluding hydrogens is 310 g/mol. The quantitative estimate of drug-likeness (QED) is 0.633. The lowest BCUT2D eigenvalue weighted by molar-refractivity contribution is -0.139. The number of nitrogens with zero attached hydrogens (tertiary/aromatic N) is 1. The average Bonchev–Trinajstić information content (AvgIpc) is 3.07. The highest BCUT2D eigenvalue weighted by Crippen LogP contribution is 2.36. The number of methoxy groups -OCH3 is 1. The fourth-order valence-corrected chi connectivity index (χ4v) is 2.42. The van der Waals surface area contributed by atoms with Gasteiger partial charge in [0.15, 0.2) is 17.3 Å². The van der Waals surface area contributed by atoms with Crippen LogP contribution in [0.4, 0.5) is 0 Å². The maximum absolute atomic E-state index is 12.8. The van der Waals surface area contributed by atoms with Crippen LogP contribution in [0, 0.1) is 11.3 Å². The normalized spacial score (nSPS) is 11.7. The number of ketones is 1. The zero-order valence-electron chi connectivity index (χ0n) is 12.9. The number of carbonyl (C=O) groups excluding carboxylic acids is 2. The van der Waals surface area contributed by atoms with Crippen molar-refractivity contribution < 1.29 is 23.8 Å². The minimum absolute atomic E-state index is 0.0511. The number of hydrogen-bond acceptors (Lipinski definition) is 6. The number of ether oxygens (including phenoxy) is 3. The summed E-state index contributed by atoms with van der Waals surface area (Å²) in [7, 11) is 1.29. The molecule has 0 saturated carbocycles. The Morgan fingerprint density at radius 3 is 2.46 bits per heavy atom. The molecule has 0 aromatic heterocycles. The molecule has 0 N–H and O–H groups in total. The van der Waals surface area contributed by atoms with Crippen molar-refractivity contribution in [2.45, 2.75) is 6.42 Å². The Labute approximate surface area is 138 Å². The molecule has 0 saturated heterocycles. The molecule has 3 rings (SSSR count). The van der Waals surface area contributed by atoms with Crippen LogP contribution >= 0.6 is 0 Å². The molecule has 0 radical (unpaired) electrons. The average molecular weight is 323 g/mol. The van der Waals surface area contributed by atoms with Crippen LogP contribution in [0.2, 0.25) is 0 Å². The summed E-state index contributed by atoms with van der Waals surface area (Å²) in [4.78, 5) is 24.4. The molecule has 0 atom stereocenters. The Morgan fingerprint density at radius 1 is 1.17 bits per heavy atom. The van der Waals surface area contributed by atoms with Crippen molar-refractivity contribution in [3.8, 4) is 17.6 Å². The number of carbonyl (C=O) groups is 2. The molecule has 2 aromatic carbocycles. The third kappa shape index (κ3) is 2.92. The van der Waals surface area contributed by atoms with Crippen molar-refractivity contribution in [3.05, 3.63) is 58.7 Å². The van der Waals surface area contributed by atoms with Crippen LogP contribution in [-0.4, -0.2) is 25.7 Å². The van der Waals surface area contributed by atoms with Crippen LogP contribution in [0.3, 0.4) is 0 Å². The van der Waals surface area contributed by atoms with E-state index in [0.717, 1.165) is 0 Å².